The van der Waals surface area contributed by atoms with E-state index in [2.05, 4.69) is 21.7 Å². The Labute approximate surface area is 94.9 Å². The molecule has 0 aromatic carbocycles. The second kappa shape index (κ2) is 3.44. The summed E-state index contributed by atoms with van der Waals surface area (Å²) in [7, 11) is 0. The minimum absolute atomic E-state index is 0.709. The number of nitrogens with zero attached hydrogens (tertiary/aromatic N) is 2. The van der Waals surface area contributed by atoms with Crippen molar-refractivity contribution in [2.24, 2.45) is 11.8 Å². The number of hydrogen-bond donors (Lipinski definition) is 1. The van der Waals surface area contributed by atoms with Crippen LogP contribution in [0.3, 0.4) is 0 Å². The van der Waals surface area contributed by atoms with Crippen LogP contribution in [0.4, 0.5) is 0 Å². The molecule has 2 unspecified atom stereocenters. The zero-order valence-electron chi connectivity index (χ0n) is 9.07. The summed E-state index contributed by atoms with van der Waals surface area (Å²) in [6, 6.07) is 0. The van der Waals surface area contributed by atoms with E-state index in [-0.39, 0.29) is 0 Å². The van der Waals surface area contributed by atoms with Crippen molar-refractivity contribution in [1.29, 1.82) is 0 Å². The fourth-order valence-corrected chi connectivity index (χ4v) is 3.53. The summed E-state index contributed by atoms with van der Waals surface area (Å²) in [6.07, 6.45) is 5.63. The molecule has 0 bridgehead atoms. The SMILES string of the molecule is CCn1c(C2C3CCCCC32)n[nH]c1=S. The highest BCUT2D eigenvalue weighted by Crippen LogP contribution is 2.60. The lowest BCUT2D eigenvalue weighted by Crippen LogP contribution is -2.01. The van der Waals surface area contributed by atoms with Gasteiger partial charge in [-0.25, -0.2) is 0 Å². The van der Waals surface area contributed by atoms with Gasteiger partial charge in [0, 0.05) is 12.5 Å². The molecule has 2 aliphatic rings. The number of aromatic amines is 1. The Kier molecular flexibility index (Phi) is 2.20. The van der Waals surface area contributed by atoms with E-state index in [1.165, 1.54) is 31.5 Å². The van der Waals surface area contributed by atoms with Crippen molar-refractivity contribution >= 4 is 12.2 Å². The van der Waals surface area contributed by atoms with Crippen LogP contribution in [0.5, 0.6) is 0 Å². The third-order valence-corrected chi connectivity index (χ3v) is 4.37. The molecule has 2 fully saturated rings. The summed E-state index contributed by atoms with van der Waals surface area (Å²) in [5, 5.41) is 7.35. The highest BCUT2D eigenvalue weighted by atomic mass is 32.1. The number of H-pyrrole nitrogens is 1. The van der Waals surface area contributed by atoms with Gasteiger partial charge in [0.1, 0.15) is 5.82 Å². The van der Waals surface area contributed by atoms with Crippen molar-refractivity contribution in [3.63, 3.8) is 0 Å². The fraction of sp³-hybridized carbons (Fsp3) is 0.818. The second-order valence-electron chi connectivity index (χ2n) is 4.77. The molecule has 2 aliphatic carbocycles. The molecule has 15 heavy (non-hydrogen) atoms. The van der Waals surface area contributed by atoms with Gasteiger partial charge in [0.05, 0.1) is 0 Å². The average Bonchev–Trinajstić information content (AvgIpc) is 2.87. The number of aromatic nitrogens is 3. The Morgan fingerprint density at radius 3 is 2.67 bits per heavy atom. The predicted molar refractivity (Wildman–Crippen MR) is 61.3 cm³/mol. The molecule has 1 N–H and O–H groups in total. The molecule has 1 heterocycles. The minimum Gasteiger partial charge on any atom is -0.304 e. The van der Waals surface area contributed by atoms with Crippen LogP contribution in [0.1, 0.15) is 44.3 Å². The number of nitrogens with one attached hydrogen (secondary N) is 1. The summed E-state index contributed by atoms with van der Waals surface area (Å²) in [5.41, 5.74) is 0. The molecule has 2 saturated carbocycles. The van der Waals surface area contributed by atoms with Crippen LogP contribution in [0, 0.1) is 16.6 Å². The average molecular weight is 223 g/mol. The van der Waals surface area contributed by atoms with Gasteiger partial charge in [-0.3, -0.25) is 5.10 Å². The molecule has 0 saturated heterocycles. The van der Waals surface area contributed by atoms with Crippen LogP contribution in [0.25, 0.3) is 0 Å². The fourth-order valence-electron chi connectivity index (χ4n) is 3.27. The molecule has 3 rings (SSSR count). The summed E-state index contributed by atoms with van der Waals surface area (Å²) in [4.78, 5) is 0. The zero-order valence-corrected chi connectivity index (χ0v) is 9.89. The molecule has 4 heteroatoms. The van der Waals surface area contributed by atoms with Gasteiger partial charge in [-0.05, 0) is 43.8 Å². The van der Waals surface area contributed by atoms with Gasteiger partial charge in [-0.2, -0.15) is 5.10 Å². The number of rotatable bonds is 2. The number of fused-ring (bicyclic) bond motifs is 1. The van der Waals surface area contributed by atoms with Crippen LogP contribution in [0.2, 0.25) is 0 Å². The van der Waals surface area contributed by atoms with E-state index >= 15 is 0 Å². The smallest absolute Gasteiger partial charge is 0.195 e. The van der Waals surface area contributed by atoms with Gasteiger partial charge < -0.3 is 4.57 Å². The van der Waals surface area contributed by atoms with E-state index in [9.17, 15) is 0 Å². The first-order valence-corrected chi connectivity index (χ1v) is 6.39. The molecule has 0 aliphatic heterocycles. The van der Waals surface area contributed by atoms with Crippen LogP contribution >= 0.6 is 12.2 Å². The largest absolute Gasteiger partial charge is 0.304 e. The molecule has 1 aromatic heterocycles. The first-order valence-electron chi connectivity index (χ1n) is 5.98. The molecular formula is C11H17N3S. The predicted octanol–water partition coefficient (Wildman–Crippen LogP) is 2.86. The van der Waals surface area contributed by atoms with E-state index in [1.54, 1.807) is 0 Å². The summed E-state index contributed by atoms with van der Waals surface area (Å²) in [6.45, 7) is 3.08. The van der Waals surface area contributed by atoms with Crippen LogP contribution in [-0.4, -0.2) is 14.8 Å². The second-order valence-corrected chi connectivity index (χ2v) is 5.16. The lowest BCUT2D eigenvalue weighted by Gasteiger charge is -2.04. The normalized spacial score (nSPS) is 33.8. The van der Waals surface area contributed by atoms with Crippen LogP contribution < -0.4 is 0 Å². The molecule has 0 radical (unpaired) electrons. The topological polar surface area (TPSA) is 33.6 Å². The van der Waals surface area contributed by atoms with Gasteiger partial charge in [0.2, 0.25) is 0 Å². The highest BCUT2D eigenvalue weighted by Gasteiger charge is 2.53. The summed E-state index contributed by atoms with van der Waals surface area (Å²) >= 11 is 5.23. The zero-order chi connectivity index (χ0) is 10.4. The van der Waals surface area contributed by atoms with Gasteiger partial charge in [0.25, 0.3) is 0 Å². The maximum atomic E-state index is 5.23. The standard InChI is InChI=1S/C11H17N3S/c1-2-14-10(12-13-11(14)15)9-7-5-3-4-6-8(7)9/h7-9H,2-6H2,1H3,(H,13,15). The Morgan fingerprint density at radius 2 is 2.07 bits per heavy atom. The Morgan fingerprint density at radius 1 is 1.40 bits per heavy atom. The Balaban J connectivity index is 1.91. The Bertz CT molecular complexity index is 408. The van der Waals surface area contributed by atoms with Crippen LogP contribution in [0.15, 0.2) is 0 Å². The first-order chi connectivity index (χ1) is 7.33. The first kappa shape index (κ1) is 9.58. The van der Waals surface area contributed by atoms with E-state index in [0.29, 0.717) is 5.92 Å². The lowest BCUT2D eigenvalue weighted by atomic mass is 10.0. The molecule has 3 nitrogen and oxygen atoms in total. The van der Waals surface area contributed by atoms with Gasteiger partial charge in [-0.1, -0.05) is 12.8 Å². The maximum absolute atomic E-state index is 5.23. The Hall–Kier alpha value is -0.640. The van der Waals surface area contributed by atoms with Crippen molar-refractivity contribution in [3.05, 3.63) is 10.6 Å². The van der Waals surface area contributed by atoms with Crippen molar-refractivity contribution in [2.45, 2.75) is 45.1 Å². The quantitative estimate of drug-likeness (QED) is 0.782. The molecule has 0 amide bonds. The van der Waals surface area contributed by atoms with Crippen LogP contribution in [-0.2, 0) is 6.54 Å². The molecule has 2 atom stereocenters. The van der Waals surface area contributed by atoms with Gasteiger partial charge >= 0.3 is 0 Å². The third-order valence-electron chi connectivity index (χ3n) is 4.06. The minimum atomic E-state index is 0.709. The van der Waals surface area contributed by atoms with Crippen molar-refractivity contribution in [1.82, 2.24) is 14.8 Å². The molecule has 0 spiro atoms. The lowest BCUT2D eigenvalue weighted by molar-refractivity contribution is 0.480. The highest BCUT2D eigenvalue weighted by molar-refractivity contribution is 7.71. The maximum Gasteiger partial charge on any atom is 0.195 e. The van der Waals surface area contributed by atoms with E-state index in [1.807, 2.05) is 0 Å². The van der Waals surface area contributed by atoms with E-state index in [4.69, 9.17) is 12.2 Å². The van der Waals surface area contributed by atoms with E-state index < -0.39 is 0 Å². The third kappa shape index (κ3) is 1.38. The molecule has 82 valence electrons. The number of hydrogen-bond acceptors (Lipinski definition) is 2. The molecular weight excluding hydrogens is 206 g/mol. The van der Waals surface area contributed by atoms with Crippen molar-refractivity contribution < 1.29 is 0 Å². The summed E-state index contributed by atoms with van der Waals surface area (Å²) in [5.74, 6) is 3.75. The van der Waals surface area contributed by atoms with Crippen molar-refractivity contribution in [2.75, 3.05) is 0 Å². The van der Waals surface area contributed by atoms with Gasteiger partial charge in [-0.15, -0.1) is 0 Å². The van der Waals surface area contributed by atoms with Gasteiger partial charge in [0.15, 0.2) is 4.77 Å². The molecule has 1 aromatic rings. The van der Waals surface area contributed by atoms with Crippen molar-refractivity contribution in [3.8, 4) is 0 Å². The monoisotopic (exact) mass is 223 g/mol. The summed E-state index contributed by atoms with van der Waals surface area (Å²) < 4.78 is 2.95. The van der Waals surface area contributed by atoms with E-state index in [0.717, 1.165) is 23.2 Å².